The van der Waals surface area contributed by atoms with Crippen molar-refractivity contribution in [3.05, 3.63) is 35.9 Å². The average Bonchev–Trinajstić information content (AvgIpc) is 2.34. The van der Waals surface area contributed by atoms with Crippen LogP contribution in [0.5, 0.6) is 0 Å². The van der Waals surface area contributed by atoms with E-state index in [2.05, 4.69) is 10.4 Å². The Morgan fingerprint density at radius 2 is 2.12 bits per heavy atom. The first kappa shape index (κ1) is 13.3. The quantitative estimate of drug-likeness (QED) is 0.500. The number of hydrazone groups is 1. The number of carbonyl (C=O) groups excluding carboxylic acids is 1. The second-order valence-electron chi connectivity index (χ2n) is 3.52. The molecule has 1 aromatic rings. The maximum atomic E-state index is 10.7. The number of hydrogen-bond acceptors (Lipinski definition) is 3. The van der Waals surface area contributed by atoms with Crippen molar-refractivity contribution in [2.24, 2.45) is 5.10 Å². The molecule has 0 aliphatic heterocycles. The lowest BCUT2D eigenvalue weighted by molar-refractivity contribution is -0.110. The number of rotatable bonds is 4. The molecule has 4 nitrogen and oxygen atoms in total. The summed E-state index contributed by atoms with van der Waals surface area (Å²) >= 11 is 5.12. The van der Waals surface area contributed by atoms with Gasteiger partial charge in [-0.3, -0.25) is 4.79 Å². The topological polar surface area (TPSA) is 44.7 Å². The fourth-order valence-electron chi connectivity index (χ4n) is 1.11. The van der Waals surface area contributed by atoms with Crippen LogP contribution in [0.2, 0.25) is 0 Å². The molecule has 0 atom stereocenters. The van der Waals surface area contributed by atoms with Gasteiger partial charge >= 0.3 is 0 Å². The Morgan fingerprint density at radius 1 is 1.47 bits per heavy atom. The fraction of sp³-hybridized carbons (Fsp3) is 0.250. The third-order valence-corrected chi connectivity index (χ3v) is 2.40. The number of carbonyl (C=O) groups is 1. The van der Waals surface area contributed by atoms with Gasteiger partial charge in [-0.15, -0.1) is 0 Å². The summed E-state index contributed by atoms with van der Waals surface area (Å²) in [6.07, 6.45) is 1.23. The van der Waals surface area contributed by atoms with Crippen LogP contribution in [0.25, 0.3) is 0 Å². The lowest BCUT2D eigenvalue weighted by Gasteiger charge is -2.15. The van der Waals surface area contributed by atoms with Crippen LogP contribution in [0.1, 0.15) is 12.5 Å². The highest BCUT2D eigenvalue weighted by molar-refractivity contribution is 7.80. The van der Waals surface area contributed by atoms with Gasteiger partial charge in [0, 0.05) is 20.5 Å². The largest absolute Gasteiger partial charge is 0.357 e. The molecule has 1 rings (SSSR count). The van der Waals surface area contributed by atoms with E-state index in [1.807, 2.05) is 30.3 Å². The van der Waals surface area contributed by atoms with Crippen molar-refractivity contribution in [2.45, 2.75) is 13.5 Å². The van der Waals surface area contributed by atoms with E-state index >= 15 is 0 Å². The summed E-state index contributed by atoms with van der Waals surface area (Å²) in [5.74, 6) is -0.109. The molecule has 1 aromatic carbocycles. The van der Waals surface area contributed by atoms with Crippen LogP contribution in [0.15, 0.2) is 35.4 Å². The highest BCUT2D eigenvalue weighted by atomic mass is 32.1. The predicted octanol–water partition coefficient (Wildman–Crippen LogP) is 1.57. The third-order valence-electron chi connectivity index (χ3n) is 1.99. The van der Waals surface area contributed by atoms with Crippen molar-refractivity contribution in [2.75, 3.05) is 7.05 Å². The highest BCUT2D eigenvalue weighted by Crippen LogP contribution is 1.98. The van der Waals surface area contributed by atoms with E-state index in [4.69, 9.17) is 12.2 Å². The van der Waals surface area contributed by atoms with E-state index < -0.39 is 0 Å². The first-order valence-corrected chi connectivity index (χ1v) is 5.60. The Labute approximate surface area is 106 Å². The molecule has 90 valence electrons. The molecule has 17 heavy (non-hydrogen) atoms. The molecule has 0 amide bonds. The number of Topliss-reactive ketones (excluding diaryl/α,β-unsaturated/α-hetero) is 1. The Bertz CT molecular complexity index is 417. The van der Waals surface area contributed by atoms with Crippen molar-refractivity contribution < 1.29 is 4.79 Å². The van der Waals surface area contributed by atoms with Gasteiger partial charge in [0.15, 0.2) is 10.9 Å². The summed E-state index contributed by atoms with van der Waals surface area (Å²) in [6, 6.07) is 9.92. The van der Waals surface area contributed by atoms with Gasteiger partial charge < -0.3 is 5.32 Å². The minimum Gasteiger partial charge on any atom is -0.357 e. The second kappa shape index (κ2) is 6.75. The molecule has 0 bridgehead atoms. The standard InChI is InChI=1S/C12H15N3OS/c1-10(16)8-14-15(2)12(17)13-9-11-6-4-3-5-7-11/h3-8H,9H2,1-2H3,(H,13,17)/b14-8-. The smallest absolute Gasteiger partial charge is 0.189 e. The Morgan fingerprint density at radius 3 is 2.71 bits per heavy atom. The molecule has 0 unspecified atom stereocenters. The number of hydrogen-bond donors (Lipinski definition) is 1. The zero-order valence-corrected chi connectivity index (χ0v) is 10.7. The molecular formula is C12H15N3OS. The van der Waals surface area contributed by atoms with E-state index in [9.17, 15) is 4.79 Å². The summed E-state index contributed by atoms with van der Waals surface area (Å²) in [5, 5.41) is 8.88. The number of nitrogens with zero attached hydrogens (tertiary/aromatic N) is 2. The zero-order valence-electron chi connectivity index (χ0n) is 9.88. The average molecular weight is 249 g/mol. The van der Waals surface area contributed by atoms with Crippen molar-refractivity contribution in [3.63, 3.8) is 0 Å². The number of thiocarbonyl (C=S) groups is 1. The summed E-state index contributed by atoms with van der Waals surface area (Å²) in [5.41, 5.74) is 1.14. The SMILES string of the molecule is CC(=O)/C=N\N(C)C(=S)NCc1ccccc1. The summed E-state index contributed by atoms with van der Waals surface area (Å²) in [7, 11) is 1.69. The minimum atomic E-state index is -0.109. The van der Waals surface area contributed by atoms with Gasteiger partial charge in [0.1, 0.15) is 0 Å². The highest BCUT2D eigenvalue weighted by Gasteiger charge is 2.01. The van der Waals surface area contributed by atoms with Crippen LogP contribution in [0.3, 0.4) is 0 Å². The minimum absolute atomic E-state index is 0.109. The van der Waals surface area contributed by atoms with Gasteiger partial charge in [-0.2, -0.15) is 5.10 Å². The number of ketones is 1. The molecule has 5 heteroatoms. The maximum absolute atomic E-state index is 10.7. The van der Waals surface area contributed by atoms with Crippen molar-refractivity contribution in [1.82, 2.24) is 10.3 Å². The van der Waals surface area contributed by atoms with Gasteiger partial charge in [-0.1, -0.05) is 30.3 Å². The van der Waals surface area contributed by atoms with Gasteiger partial charge in [0.05, 0.1) is 6.21 Å². The summed E-state index contributed by atoms with van der Waals surface area (Å²) in [4.78, 5) is 10.7. The van der Waals surface area contributed by atoms with E-state index in [0.717, 1.165) is 5.56 Å². The molecule has 0 saturated carbocycles. The molecule has 0 spiro atoms. The van der Waals surface area contributed by atoms with Gasteiger partial charge in [0.25, 0.3) is 0 Å². The van der Waals surface area contributed by atoms with E-state index in [1.54, 1.807) is 7.05 Å². The number of nitrogens with one attached hydrogen (secondary N) is 1. The van der Waals surface area contributed by atoms with E-state index in [0.29, 0.717) is 11.7 Å². The monoisotopic (exact) mass is 249 g/mol. The first-order chi connectivity index (χ1) is 8.09. The zero-order chi connectivity index (χ0) is 12.7. The van der Waals surface area contributed by atoms with Crippen LogP contribution in [-0.4, -0.2) is 29.2 Å². The predicted molar refractivity (Wildman–Crippen MR) is 72.8 cm³/mol. The van der Waals surface area contributed by atoms with Gasteiger partial charge in [0.2, 0.25) is 0 Å². The summed E-state index contributed by atoms with van der Waals surface area (Å²) < 4.78 is 0. The van der Waals surface area contributed by atoms with Crippen molar-refractivity contribution >= 4 is 29.3 Å². The molecule has 0 radical (unpaired) electrons. The van der Waals surface area contributed by atoms with E-state index in [-0.39, 0.29) is 5.78 Å². The Balaban J connectivity index is 2.42. The van der Waals surface area contributed by atoms with Crippen LogP contribution in [0, 0.1) is 0 Å². The normalized spacial score (nSPS) is 10.2. The molecule has 0 aliphatic carbocycles. The Hall–Kier alpha value is -1.75. The van der Waals surface area contributed by atoms with Crippen molar-refractivity contribution in [1.29, 1.82) is 0 Å². The molecule has 0 saturated heterocycles. The summed E-state index contributed by atoms with van der Waals surface area (Å²) in [6.45, 7) is 2.08. The molecule has 0 heterocycles. The Kier molecular flexibility index (Phi) is 5.29. The van der Waals surface area contributed by atoms with Gasteiger partial charge in [-0.05, 0) is 17.8 Å². The fourth-order valence-corrected chi connectivity index (χ4v) is 1.23. The van der Waals surface area contributed by atoms with Crippen LogP contribution in [-0.2, 0) is 11.3 Å². The first-order valence-electron chi connectivity index (χ1n) is 5.19. The van der Waals surface area contributed by atoms with Crippen molar-refractivity contribution in [3.8, 4) is 0 Å². The second-order valence-corrected chi connectivity index (χ2v) is 3.91. The maximum Gasteiger partial charge on any atom is 0.189 e. The van der Waals surface area contributed by atoms with Gasteiger partial charge in [-0.25, -0.2) is 5.01 Å². The third kappa shape index (κ3) is 5.21. The molecule has 0 aromatic heterocycles. The van der Waals surface area contributed by atoms with Crippen LogP contribution >= 0.6 is 12.2 Å². The molecule has 0 aliphatic rings. The van der Waals surface area contributed by atoms with Crippen LogP contribution < -0.4 is 5.32 Å². The van der Waals surface area contributed by atoms with Crippen LogP contribution in [0.4, 0.5) is 0 Å². The lowest BCUT2D eigenvalue weighted by atomic mass is 10.2. The number of benzene rings is 1. The van der Waals surface area contributed by atoms with E-state index in [1.165, 1.54) is 18.1 Å². The molecule has 1 N–H and O–H groups in total. The lowest BCUT2D eigenvalue weighted by Crippen LogP contribution is -2.33. The molecular weight excluding hydrogens is 234 g/mol. The molecule has 0 fully saturated rings.